The van der Waals surface area contributed by atoms with Crippen molar-refractivity contribution in [1.82, 2.24) is 24.4 Å². The number of likely N-dealkylation sites (tertiary alicyclic amines) is 2. The first-order valence-corrected chi connectivity index (χ1v) is 13.9. The van der Waals surface area contributed by atoms with Crippen molar-refractivity contribution >= 4 is 40.8 Å². The Morgan fingerprint density at radius 1 is 1.14 bits per heavy atom. The summed E-state index contributed by atoms with van der Waals surface area (Å²) in [6.07, 6.45) is 6.24. The summed E-state index contributed by atoms with van der Waals surface area (Å²) >= 11 is 2.76. The number of aryl methyl sites for hydroxylation is 1. The highest BCUT2D eigenvalue weighted by atomic mass is 32.1. The van der Waals surface area contributed by atoms with Gasteiger partial charge in [-0.05, 0) is 62.2 Å². The maximum Gasteiger partial charge on any atom is 0.273 e. The number of piperidine rings is 1. The number of carbonyl (C=O) groups excluding carboxylic acids is 2. The SMILES string of the molecule is CCOc1ccccc1/C=C/C(=O)N1CCC2(CC1)CCN(C(=O)c1csc(-c3snnc3C)n1)C2. The van der Waals surface area contributed by atoms with E-state index in [1.807, 2.05) is 59.4 Å². The zero-order valence-corrected chi connectivity index (χ0v) is 22.1. The van der Waals surface area contributed by atoms with Crippen LogP contribution < -0.4 is 4.74 Å². The summed E-state index contributed by atoms with van der Waals surface area (Å²) in [6, 6.07) is 7.73. The topological polar surface area (TPSA) is 88.5 Å². The molecule has 3 aromatic rings. The molecule has 2 aromatic heterocycles. The van der Waals surface area contributed by atoms with E-state index < -0.39 is 0 Å². The molecule has 2 aliphatic heterocycles. The van der Waals surface area contributed by atoms with Crippen LogP contribution in [0.25, 0.3) is 16.0 Å². The van der Waals surface area contributed by atoms with Gasteiger partial charge < -0.3 is 14.5 Å². The Kier molecular flexibility index (Phi) is 7.15. The molecule has 0 radical (unpaired) electrons. The van der Waals surface area contributed by atoms with Crippen molar-refractivity contribution in [3.8, 4) is 15.6 Å². The summed E-state index contributed by atoms with van der Waals surface area (Å²) in [7, 11) is 0. The zero-order valence-electron chi connectivity index (χ0n) is 20.5. The molecule has 8 nitrogen and oxygen atoms in total. The van der Waals surface area contributed by atoms with E-state index in [-0.39, 0.29) is 17.2 Å². The van der Waals surface area contributed by atoms with Gasteiger partial charge in [0.2, 0.25) is 5.91 Å². The number of nitrogens with zero attached hydrogens (tertiary/aromatic N) is 5. The van der Waals surface area contributed by atoms with Gasteiger partial charge in [-0.15, -0.1) is 16.4 Å². The van der Waals surface area contributed by atoms with Gasteiger partial charge >= 0.3 is 0 Å². The standard InChI is InChI=1S/C26H29N5O3S2/c1-3-34-21-7-5-4-6-19(21)8-9-22(32)30-13-10-26(11-14-30)12-15-31(17-26)25(33)20-16-35-24(27-20)23-18(2)28-29-36-23/h4-9,16H,3,10-15,17H2,1-2H3/b9-8+. The summed E-state index contributed by atoms with van der Waals surface area (Å²) in [6.45, 7) is 7.29. The van der Waals surface area contributed by atoms with Gasteiger partial charge in [0.1, 0.15) is 21.3 Å². The van der Waals surface area contributed by atoms with E-state index >= 15 is 0 Å². The number of para-hydroxylation sites is 1. The molecule has 2 amide bonds. The van der Waals surface area contributed by atoms with Crippen molar-refractivity contribution in [2.75, 3.05) is 32.8 Å². The van der Waals surface area contributed by atoms with Gasteiger partial charge in [0, 0.05) is 43.2 Å². The van der Waals surface area contributed by atoms with Gasteiger partial charge in [-0.2, -0.15) is 0 Å². The van der Waals surface area contributed by atoms with Gasteiger partial charge in [-0.1, -0.05) is 22.7 Å². The van der Waals surface area contributed by atoms with Gasteiger partial charge in [0.25, 0.3) is 5.91 Å². The lowest BCUT2D eigenvalue weighted by molar-refractivity contribution is -0.128. The molecule has 0 atom stereocenters. The molecule has 2 fully saturated rings. The van der Waals surface area contributed by atoms with Crippen LogP contribution in [-0.4, -0.2) is 69.0 Å². The van der Waals surface area contributed by atoms with E-state index in [0.717, 1.165) is 59.2 Å². The molecule has 0 bridgehead atoms. The molecule has 0 aliphatic carbocycles. The van der Waals surface area contributed by atoms with E-state index in [1.165, 1.54) is 22.9 Å². The van der Waals surface area contributed by atoms with Gasteiger partial charge in [-0.3, -0.25) is 9.59 Å². The second-order valence-electron chi connectivity index (χ2n) is 9.33. The predicted molar refractivity (Wildman–Crippen MR) is 141 cm³/mol. The molecular formula is C26H29N5O3S2. The molecule has 1 aromatic carbocycles. The van der Waals surface area contributed by atoms with E-state index in [1.54, 1.807) is 6.08 Å². The molecule has 2 aliphatic rings. The van der Waals surface area contributed by atoms with Crippen LogP contribution in [0.4, 0.5) is 0 Å². The molecule has 188 valence electrons. The molecule has 10 heteroatoms. The fourth-order valence-corrected chi connectivity index (χ4v) is 6.54. The highest BCUT2D eigenvalue weighted by molar-refractivity contribution is 7.18. The number of ether oxygens (including phenoxy) is 1. The van der Waals surface area contributed by atoms with Gasteiger partial charge in [0.05, 0.1) is 12.3 Å². The number of amides is 2. The Bertz CT molecular complexity index is 1280. The summed E-state index contributed by atoms with van der Waals surface area (Å²) in [5.41, 5.74) is 2.31. The number of rotatable bonds is 6. The largest absolute Gasteiger partial charge is 0.493 e. The van der Waals surface area contributed by atoms with Crippen molar-refractivity contribution < 1.29 is 14.3 Å². The average molecular weight is 524 g/mol. The normalized spacial score (nSPS) is 17.3. The van der Waals surface area contributed by atoms with Crippen LogP contribution in [0.2, 0.25) is 0 Å². The summed E-state index contributed by atoms with van der Waals surface area (Å²) in [4.78, 5) is 35.3. The quantitative estimate of drug-likeness (QED) is 0.441. The van der Waals surface area contributed by atoms with Crippen LogP contribution in [0.3, 0.4) is 0 Å². The van der Waals surface area contributed by atoms with Gasteiger partial charge in [0.15, 0.2) is 0 Å². The predicted octanol–water partition coefficient (Wildman–Crippen LogP) is 4.54. The molecule has 2 saturated heterocycles. The minimum absolute atomic E-state index is 0.0149. The van der Waals surface area contributed by atoms with Crippen molar-refractivity contribution in [3.05, 3.63) is 52.7 Å². The lowest BCUT2D eigenvalue weighted by Gasteiger charge is -2.38. The number of thiazole rings is 1. The van der Waals surface area contributed by atoms with Crippen molar-refractivity contribution in [3.63, 3.8) is 0 Å². The van der Waals surface area contributed by atoms with Crippen molar-refractivity contribution in [1.29, 1.82) is 0 Å². The highest BCUT2D eigenvalue weighted by Gasteiger charge is 2.43. The van der Waals surface area contributed by atoms with Crippen LogP contribution in [0.15, 0.2) is 35.7 Å². The lowest BCUT2D eigenvalue weighted by atomic mass is 9.78. The first-order valence-electron chi connectivity index (χ1n) is 12.2. The molecule has 1 spiro atoms. The molecule has 5 rings (SSSR count). The Labute approximate surface area is 218 Å². The molecule has 0 unspecified atom stereocenters. The summed E-state index contributed by atoms with van der Waals surface area (Å²) < 4.78 is 9.62. The molecular weight excluding hydrogens is 494 g/mol. The molecule has 0 saturated carbocycles. The summed E-state index contributed by atoms with van der Waals surface area (Å²) in [5, 5.41) is 6.67. The van der Waals surface area contributed by atoms with E-state index in [0.29, 0.717) is 25.4 Å². The first kappa shape index (κ1) is 24.6. The van der Waals surface area contributed by atoms with Crippen LogP contribution in [-0.2, 0) is 4.79 Å². The third kappa shape index (κ3) is 5.05. The Morgan fingerprint density at radius 3 is 2.61 bits per heavy atom. The highest BCUT2D eigenvalue weighted by Crippen LogP contribution is 2.41. The smallest absolute Gasteiger partial charge is 0.273 e. The van der Waals surface area contributed by atoms with E-state index in [9.17, 15) is 9.59 Å². The first-order chi connectivity index (χ1) is 17.5. The average Bonchev–Trinajstić information content (AvgIpc) is 3.64. The number of benzene rings is 1. The van der Waals surface area contributed by atoms with Crippen molar-refractivity contribution in [2.24, 2.45) is 5.41 Å². The number of hydrogen-bond donors (Lipinski definition) is 0. The van der Waals surface area contributed by atoms with Gasteiger partial charge in [-0.25, -0.2) is 4.98 Å². The minimum Gasteiger partial charge on any atom is -0.493 e. The molecule has 4 heterocycles. The monoisotopic (exact) mass is 523 g/mol. The van der Waals surface area contributed by atoms with E-state index in [4.69, 9.17) is 4.74 Å². The maximum absolute atomic E-state index is 13.2. The number of carbonyl (C=O) groups is 2. The Balaban J connectivity index is 1.17. The van der Waals surface area contributed by atoms with Crippen molar-refractivity contribution in [2.45, 2.75) is 33.1 Å². The minimum atomic E-state index is -0.0149. The summed E-state index contributed by atoms with van der Waals surface area (Å²) in [5.74, 6) is 0.785. The third-order valence-corrected chi connectivity index (χ3v) is 8.88. The fraction of sp³-hybridized carbons (Fsp3) is 0.423. The second-order valence-corrected chi connectivity index (χ2v) is 10.9. The lowest BCUT2D eigenvalue weighted by Crippen LogP contribution is -2.44. The van der Waals surface area contributed by atoms with E-state index in [2.05, 4.69) is 14.6 Å². The third-order valence-electron chi connectivity index (χ3n) is 7.05. The fourth-order valence-electron chi connectivity index (χ4n) is 4.96. The second kappa shape index (κ2) is 10.5. The Hall–Kier alpha value is -3.11. The van der Waals surface area contributed by atoms with Crippen LogP contribution >= 0.6 is 22.9 Å². The van der Waals surface area contributed by atoms with Crippen LogP contribution in [0, 0.1) is 12.3 Å². The van der Waals surface area contributed by atoms with Crippen LogP contribution in [0.1, 0.15) is 47.9 Å². The molecule has 36 heavy (non-hydrogen) atoms. The molecule has 0 N–H and O–H groups in total. The maximum atomic E-state index is 13.2. The number of hydrogen-bond acceptors (Lipinski definition) is 8. The van der Waals surface area contributed by atoms with Crippen LogP contribution in [0.5, 0.6) is 5.75 Å². The Morgan fingerprint density at radius 2 is 1.89 bits per heavy atom. The zero-order chi connectivity index (χ0) is 25.1. The number of aromatic nitrogens is 3.